The van der Waals surface area contributed by atoms with Crippen LogP contribution in [0.5, 0.6) is 0 Å². The van der Waals surface area contributed by atoms with Crippen LogP contribution in [0.3, 0.4) is 0 Å². The van der Waals surface area contributed by atoms with E-state index in [1.165, 1.54) is 6.07 Å². The molecule has 2 N–H and O–H groups in total. The van der Waals surface area contributed by atoms with Gasteiger partial charge in [0.25, 0.3) is 15.9 Å². The molecule has 9 heteroatoms. The van der Waals surface area contributed by atoms with E-state index in [0.717, 1.165) is 3.57 Å². The molecule has 1 aliphatic rings. The highest BCUT2D eigenvalue weighted by atomic mass is 127. The third-order valence-corrected chi connectivity index (χ3v) is 5.49. The topological polar surface area (TPSA) is 87.6 Å². The Hall–Kier alpha value is -2.01. The maximum absolute atomic E-state index is 14.1. The van der Waals surface area contributed by atoms with Crippen LogP contribution in [-0.2, 0) is 14.8 Å². The molecule has 1 unspecified atom stereocenters. The Morgan fingerprint density at radius 1 is 1.24 bits per heavy atom. The number of nitrogens with zero attached hydrogens (tertiary/aromatic N) is 1. The van der Waals surface area contributed by atoms with Crippen molar-refractivity contribution in [2.75, 3.05) is 11.9 Å². The number of halogens is 2. The summed E-state index contributed by atoms with van der Waals surface area (Å²) in [5, 5.41) is 5.03. The molecule has 0 saturated heterocycles. The van der Waals surface area contributed by atoms with Crippen molar-refractivity contribution in [3.8, 4) is 0 Å². The van der Waals surface area contributed by atoms with Crippen LogP contribution < -0.4 is 10.6 Å². The summed E-state index contributed by atoms with van der Waals surface area (Å²) in [7, 11) is -3.98. The molecule has 0 bridgehead atoms. The lowest BCUT2D eigenvalue weighted by molar-refractivity contribution is -0.115. The number of benzene rings is 2. The predicted molar refractivity (Wildman–Crippen MR) is 101 cm³/mol. The fraction of sp³-hybridized carbons (Fsp3) is 0.125. The first-order valence-corrected chi connectivity index (χ1v) is 9.77. The molecule has 1 atom stereocenters. The second-order valence-corrected chi connectivity index (χ2v) is 8.09. The van der Waals surface area contributed by atoms with Gasteiger partial charge >= 0.3 is 0 Å². The summed E-state index contributed by atoms with van der Waals surface area (Å²) >= 11 is 1.99. The Bertz CT molecular complexity index is 948. The lowest BCUT2D eigenvalue weighted by Gasteiger charge is -2.18. The third-order valence-electron chi connectivity index (χ3n) is 3.50. The highest BCUT2D eigenvalue weighted by Crippen LogP contribution is 2.28. The summed E-state index contributed by atoms with van der Waals surface area (Å²) in [5.74, 6) is -1.17. The number of hydrogen-bond donors (Lipinski definition) is 2. The van der Waals surface area contributed by atoms with Crippen LogP contribution in [0.25, 0.3) is 0 Å². The first kappa shape index (κ1) is 17.8. The van der Waals surface area contributed by atoms with Crippen molar-refractivity contribution in [2.24, 2.45) is 4.40 Å². The largest absolute Gasteiger partial charge is 0.346 e. The minimum Gasteiger partial charge on any atom is -0.346 e. The summed E-state index contributed by atoms with van der Waals surface area (Å²) in [6, 6.07) is 13.1. The Morgan fingerprint density at radius 2 is 1.96 bits per heavy atom. The second kappa shape index (κ2) is 7.08. The van der Waals surface area contributed by atoms with Crippen LogP contribution in [0, 0.1) is 3.57 Å². The SMILES string of the molecule is O=C(NCC(F)c1ccccc1)C1=NS(=O)(=O)c2cc(I)ccc2N1. The number of rotatable bonds is 4. The number of anilines is 1. The number of carbonyl (C=O) groups excluding carboxylic acids is 1. The van der Waals surface area contributed by atoms with Crippen LogP contribution >= 0.6 is 22.6 Å². The van der Waals surface area contributed by atoms with E-state index >= 15 is 0 Å². The van der Waals surface area contributed by atoms with Crippen molar-refractivity contribution in [3.63, 3.8) is 0 Å². The molecule has 25 heavy (non-hydrogen) atoms. The molecular formula is C16H13FIN3O3S. The molecule has 0 radical (unpaired) electrons. The van der Waals surface area contributed by atoms with Gasteiger partial charge in [0.15, 0.2) is 0 Å². The van der Waals surface area contributed by atoms with E-state index in [9.17, 15) is 17.6 Å². The van der Waals surface area contributed by atoms with E-state index in [4.69, 9.17) is 0 Å². The van der Waals surface area contributed by atoms with Crippen LogP contribution in [0.15, 0.2) is 57.8 Å². The van der Waals surface area contributed by atoms with Crippen molar-refractivity contribution in [3.05, 3.63) is 57.7 Å². The van der Waals surface area contributed by atoms with Gasteiger partial charge in [-0.25, -0.2) is 4.39 Å². The monoisotopic (exact) mass is 473 g/mol. The lowest BCUT2D eigenvalue weighted by Crippen LogP contribution is -2.39. The fourth-order valence-electron chi connectivity index (χ4n) is 2.28. The molecule has 1 heterocycles. The maximum atomic E-state index is 14.1. The van der Waals surface area contributed by atoms with E-state index in [2.05, 4.69) is 15.0 Å². The normalized spacial score (nSPS) is 16.2. The molecule has 6 nitrogen and oxygen atoms in total. The summed E-state index contributed by atoms with van der Waals surface area (Å²) in [4.78, 5) is 12.2. The van der Waals surface area contributed by atoms with Crippen molar-refractivity contribution in [2.45, 2.75) is 11.1 Å². The van der Waals surface area contributed by atoms with Crippen LogP contribution in [-0.4, -0.2) is 26.7 Å². The van der Waals surface area contributed by atoms with E-state index in [1.54, 1.807) is 42.5 Å². The minimum absolute atomic E-state index is 0.00334. The smallest absolute Gasteiger partial charge is 0.288 e. The number of carbonyl (C=O) groups is 1. The quantitative estimate of drug-likeness (QED) is 0.669. The molecule has 0 saturated carbocycles. The van der Waals surface area contributed by atoms with Gasteiger partial charge in [-0.1, -0.05) is 30.3 Å². The van der Waals surface area contributed by atoms with Gasteiger partial charge in [0.1, 0.15) is 11.1 Å². The molecule has 3 rings (SSSR count). The Balaban J connectivity index is 1.73. The van der Waals surface area contributed by atoms with Crippen molar-refractivity contribution in [1.29, 1.82) is 0 Å². The van der Waals surface area contributed by atoms with E-state index in [-0.39, 0.29) is 23.0 Å². The zero-order valence-electron chi connectivity index (χ0n) is 12.7. The van der Waals surface area contributed by atoms with Gasteiger partial charge in [-0.2, -0.15) is 8.42 Å². The average molecular weight is 473 g/mol. The van der Waals surface area contributed by atoms with Gasteiger partial charge < -0.3 is 10.6 Å². The highest BCUT2D eigenvalue weighted by Gasteiger charge is 2.28. The molecule has 130 valence electrons. The summed E-state index contributed by atoms with van der Waals surface area (Å²) < 4.78 is 42.8. The minimum atomic E-state index is -3.98. The average Bonchev–Trinajstić information content (AvgIpc) is 2.60. The van der Waals surface area contributed by atoms with Gasteiger partial charge in [-0.15, -0.1) is 4.40 Å². The number of sulfonamides is 1. The summed E-state index contributed by atoms with van der Waals surface area (Å²) in [6.07, 6.45) is -1.40. The van der Waals surface area contributed by atoms with Gasteiger partial charge in [0.05, 0.1) is 12.2 Å². The molecule has 0 aliphatic carbocycles. The molecular weight excluding hydrogens is 460 g/mol. The highest BCUT2D eigenvalue weighted by molar-refractivity contribution is 14.1. The number of hydrogen-bond acceptors (Lipinski definition) is 4. The molecule has 0 spiro atoms. The van der Waals surface area contributed by atoms with Gasteiger partial charge in [-0.3, -0.25) is 4.79 Å². The number of nitrogens with one attached hydrogen (secondary N) is 2. The van der Waals surface area contributed by atoms with Gasteiger partial charge in [-0.05, 0) is 46.4 Å². The number of alkyl halides is 1. The zero-order valence-corrected chi connectivity index (χ0v) is 15.7. The standard InChI is InChI=1S/C16H13FIN3O3S/c17-12(10-4-2-1-3-5-10)9-19-16(22)15-20-13-7-6-11(18)8-14(13)25(23,24)21-15/h1-8,12H,9H2,(H,19,22)(H,20,21). The Labute approximate surface area is 157 Å². The van der Waals surface area contributed by atoms with Crippen molar-refractivity contribution in [1.82, 2.24) is 5.32 Å². The van der Waals surface area contributed by atoms with Crippen LogP contribution in [0.2, 0.25) is 0 Å². The fourth-order valence-corrected chi connectivity index (χ4v) is 4.12. The number of fused-ring (bicyclic) bond motifs is 1. The first-order chi connectivity index (χ1) is 11.9. The molecule has 1 amide bonds. The Morgan fingerprint density at radius 3 is 2.68 bits per heavy atom. The second-order valence-electron chi connectivity index (χ2n) is 5.27. The summed E-state index contributed by atoms with van der Waals surface area (Å²) in [6.45, 7) is -0.289. The van der Waals surface area contributed by atoms with Crippen molar-refractivity contribution < 1.29 is 17.6 Å². The predicted octanol–water partition coefficient (Wildman–Crippen LogP) is 2.63. The van der Waals surface area contributed by atoms with Crippen molar-refractivity contribution >= 4 is 50.0 Å². The molecule has 2 aromatic carbocycles. The number of amides is 1. The molecule has 0 fully saturated rings. The maximum Gasteiger partial charge on any atom is 0.288 e. The third kappa shape index (κ3) is 3.98. The van der Waals surface area contributed by atoms with E-state index in [0.29, 0.717) is 5.56 Å². The Kier molecular flexibility index (Phi) is 5.04. The molecule has 0 aromatic heterocycles. The first-order valence-electron chi connectivity index (χ1n) is 7.25. The van der Waals surface area contributed by atoms with Crippen LogP contribution in [0.4, 0.5) is 10.1 Å². The van der Waals surface area contributed by atoms with E-state index in [1.807, 2.05) is 22.6 Å². The van der Waals surface area contributed by atoms with Gasteiger partial charge in [0, 0.05) is 3.57 Å². The summed E-state index contributed by atoms with van der Waals surface area (Å²) in [5.41, 5.74) is 0.689. The zero-order chi connectivity index (χ0) is 18.0. The van der Waals surface area contributed by atoms with E-state index < -0.39 is 22.1 Å². The number of amidine groups is 1. The molecule has 2 aromatic rings. The van der Waals surface area contributed by atoms with Gasteiger partial charge in [0.2, 0.25) is 5.84 Å². The lowest BCUT2D eigenvalue weighted by atomic mass is 10.1. The molecule has 1 aliphatic heterocycles. The van der Waals surface area contributed by atoms with Crippen LogP contribution in [0.1, 0.15) is 11.7 Å².